The number of benzene rings is 1. The summed E-state index contributed by atoms with van der Waals surface area (Å²) in [6.07, 6.45) is 3.31. The van der Waals surface area contributed by atoms with Gasteiger partial charge in [0.1, 0.15) is 0 Å². The first-order valence-electron chi connectivity index (χ1n) is 6.33. The van der Waals surface area contributed by atoms with Crippen LogP contribution in [0.15, 0.2) is 42.7 Å². The maximum atomic E-state index is 9.71. The van der Waals surface area contributed by atoms with Gasteiger partial charge in [0.25, 0.3) is 0 Å². The highest BCUT2D eigenvalue weighted by Crippen LogP contribution is 2.20. The average Bonchev–Trinajstić information content (AvgIpc) is 2.46. The van der Waals surface area contributed by atoms with E-state index < -0.39 is 5.54 Å². The van der Waals surface area contributed by atoms with E-state index in [4.69, 9.17) is 0 Å². The van der Waals surface area contributed by atoms with Crippen molar-refractivity contribution in [3.05, 3.63) is 59.7 Å². The largest absolute Gasteiger partial charge is 0.394 e. The van der Waals surface area contributed by atoms with E-state index in [1.165, 1.54) is 5.56 Å². The number of hydrogen-bond acceptors (Lipinski definition) is 4. The highest BCUT2D eigenvalue weighted by atomic mass is 16.3. The molecule has 0 saturated carbocycles. The van der Waals surface area contributed by atoms with E-state index in [-0.39, 0.29) is 6.61 Å². The molecule has 1 aromatic carbocycles. The molecule has 0 saturated heterocycles. The number of nitrogens with zero attached hydrogens (tertiary/aromatic N) is 2. The van der Waals surface area contributed by atoms with Gasteiger partial charge in [-0.2, -0.15) is 0 Å². The summed E-state index contributed by atoms with van der Waals surface area (Å²) >= 11 is 0. The number of aromatic nitrogens is 2. The van der Waals surface area contributed by atoms with E-state index in [1.807, 2.05) is 44.2 Å². The van der Waals surface area contributed by atoms with Crippen LogP contribution in [-0.2, 0) is 12.1 Å². The van der Waals surface area contributed by atoms with Crippen LogP contribution in [0.5, 0.6) is 0 Å². The smallest absolute Gasteiger partial charge is 0.0837 e. The SMILES string of the molecule is Cc1nccnc1C(C)(CO)NCc1ccccc1. The van der Waals surface area contributed by atoms with Gasteiger partial charge in [-0.15, -0.1) is 0 Å². The van der Waals surface area contributed by atoms with Crippen LogP contribution in [0.3, 0.4) is 0 Å². The molecule has 1 unspecified atom stereocenters. The molecule has 0 bridgehead atoms. The Labute approximate surface area is 113 Å². The number of aryl methyl sites for hydroxylation is 1. The Kier molecular flexibility index (Phi) is 4.24. The van der Waals surface area contributed by atoms with E-state index in [0.29, 0.717) is 6.54 Å². The number of hydrogen-bond donors (Lipinski definition) is 2. The Morgan fingerprint density at radius 3 is 2.47 bits per heavy atom. The Morgan fingerprint density at radius 1 is 1.16 bits per heavy atom. The number of rotatable bonds is 5. The second-order valence-corrected chi connectivity index (χ2v) is 4.82. The molecule has 4 heteroatoms. The fraction of sp³-hybridized carbons (Fsp3) is 0.333. The summed E-state index contributed by atoms with van der Waals surface area (Å²) in [6.45, 7) is 4.49. The Bertz CT molecular complexity index is 530. The van der Waals surface area contributed by atoms with Crippen molar-refractivity contribution < 1.29 is 5.11 Å². The third kappa shape index (κ3) is 3.16. The van der Waals surface area contributed by atoms with Gasteiger partial charge in [0, 0.05) is 18.9 Å². The molecule has 100 valence electrons. The van der Waals surface area contributed by atoms with Gasteiger partial charge >= 0.3 is 0 Å². The van der Waals surface area contributed by atoms with Gasteiger partial charge in [-0.3, -0.25) is 9.97 Å². The fourth-order valence-corrected chi connectivity index (χ4v) is 2.06. The molecule has 1 heterocycles. The summed E-state index contributed by atoms with van der Waals surface area (Å²) in [5.41, 5.74) is 2.20. The average molecular weight is 257 g/mol. The summed E-state index contributed by atoms with van der Waals surface area (Å²) in [5, 5.41) is 13.1. The second kappa shape index (κ2) is 5.91. The minimum atomic E-state index is -0.589. The third-order valence-corrected chi connectivity index (χ3v) is 3.25. The van der Waals surface area contributed by atoms with Gasteiger partial charge in [-0.25, -0.2) is 0 Å². The maximum Gasteiger partial charge on any atom is 0.0837 e. The number of nitrogens with one attached hydrogen (secondary N) is 1. The predicted octanol–water partition coefficient (Wildman–Crippen LogP) is 1.78. The molecule has 0 radical (unpaired) electrons. The van der Waals surface area contributed by atoms with E-state index in [0.717, 1.165) is 11.4 Å². The summed E-state index contributed by atoms with van der Waals surface area (Å²) in [5.74, 6) is 0. The summed E-state index contributed by atoms with van der Waals surface area (Å²) in [7, 11) is 0. The first kappa shape index (κ1) is 13.6. The highest BCUT2D eigenvalue weighted by Gasteiger charge is 2.28. The zero-order valence-corrected chi connectivity index (χ0v) is 11.3. The predicted molar refractivity (Wildman–Crippen MR) is 74.5 cm³/mol. The lowest BCUT2D eigenvalue weighted by molar-refractivity contribution is 0.169. The zero-order valence-electron chi connectivity index (χ0n) is 11.3. The molecule has 2 aromatic rings. The van der Waals surface area contributed by atoms with Crippen molar-refractivity contribution >= 4 is 0 Å². The highest BCUT2D eigenvalue weighted by molar-refractivity contribution is 5.21. The van der Waals surface area contributed by atoms with Crippen molar-refractivity contribution in [2.24, 2.45) is 0 Å². The Balaban J connectivity index is 2.17. The third-order valence-electron chi connectivity index (χ3n) is 3.25. The molecule has 1 atom stereocenters. The van der Waals surface area contributed by atoms with Crippen molar-refractivity contribution in [1.29, 1.82) is 0 Å². The quantitative estimate of drug-likeness (QED) is 0.857. The topological polar surface area (TPSA) is 58.0 Å². The summed E-state index contributed by atoms with van der Waals surface area (Å²) < 4.78 is 0. The van der Waals surface area contributed by atoms with Crippen LogP contribution in [0, 0.1) is 6.92 Å². The van der Waals surface area contributed by atoms with Crippen LogP contribution < -0.4 is 5.32 Å². The zero-order chi connectivity index (χ0) is 13.7. The van der Waals surface area contributed by atoms with Crippen molar-refractivity contribution in [2.75, 3.05) is 6.61 Å². The van der Waals surface area contributed by atoms with Crippen LogP contribution in [0.25, 0.3) is 0 Å². The van der Waals surface area contributed by atoms with Crippen LogP contribution in [0.4, 0.5) is 0 Å². The lowest BCUT2D eigenvalue weighted by Crippen LogP contribution is -2.43. The molecular formula is C15H19N3O. The molecule has 0 spiro atoms. The van der Waals surface area contributed by atoms with Gasteiger partial charge in [0.05, 0.1) is 23.5 Å². The van der Waals surface area contributed by atoms with E-state index in [9.17, 15) is 5.11 Å². The van der Waals surface area contributed by atoms with Crippen LogP contribution >= 0.6 is 0 Å². The molecule has 19 heavy (non-hydrogen) atoms. The van der Waals surface area contributed by atoms with Crippen LogP contribution in [0.1, 0.15) is 23.9 Å². The van der Waals surface area contributed by atoms with Gasteiger partial charge in [-0.1, -0.05) is 30.3 Å². The summed E-state index contributed by atoms with van der Waals surface area (Å²) in [6, 6.07) is 10.1. The lowest BCUT2D eigenvalue weighted by atomic mass is 9.96. The standard InChI is InChI=1S/C15H19N3O/c1-12-14(17-9-8-16-12)15(2,11-19)18-10-13-6-4-3-5-7-13/h3-9,18-19H,10-11H2,1-2H3. The fourth-order valence-electron chi connectivity index (χ4n) is 2.06. The maximum absolute atomic E-state index is 9.71. The summed E-state index contributed by atoms with van der Waals surface area (Å²) in [4.78, 5) is 8.58. The van der Waals surface area contributed by atoms with Gasteiger partial charge < -0.3 is 10.4 Å². The monoisotopic (exact) mass is 257 g/mol. The Morgan fingerprint density at radius 2 is 1.84 bits per heavy atom. The lowest BCUT2D eigenvalue weighted by Gasteiger charge is -2.29. The van der Waals surface area contributed by atoms with Gasteiger partial charge in [0.15, 0.2) is 0 Å². The van der Waals surface area contributed by atoms with Crippen molar-refractivity contribution in [3.8, 4) is 0 Å². The van der Waals surface area contributed by atoms with E-state index in [1.54, 1.807) is 12.4 Å². The van der Waals surface area contributed by atoms with Crippen molar-refractivity contribution in [2.45, 2.75) is 25.9 Å². The minimum Gasteiger partial charge on any atom is -0.394 e. The first-order chi connectivity index (χ1) is 9.15. The van der Waals surface area contributed by atoms with E-state index in [2.05, 4.69) is 15.3 Å². The molecule has 0 aliphatic rings. The van der Waals surface area contributed by atoms with Gasteiger partial charge in [-0.05, 0) is 19.4 Å². The molecule has 2 rings (SSSR count). The van der Waals surface area contributed by atoms with Gasteiger partial charge in [0.2, 0.25) is 0 Å². The van der Waals surface area contributed by atoms with E-state index >= 15 is 0 Å². The normalized spacial score (nSPS) is 14.1. The van der Waals surface area contributed by atoms with Crippen molar-refractivity contribution in [3.63, 3.8) is 0 Å². The minimum absolute atomic E-state index is 0.0284. The Hall–Kier alpha value is -1.78. The molecule has 4 nitrogen and oxygen atoms in total. The molecule has 0 aliphatic heterocycles. The molecule has 1 aromatic heterocycles. The molecule has 0 fully saturated rings. The van der Waals surface area contributed by atoms with Crippen LogP contribution in [-0.4, -0.2) is 21.7 Å². The number of aliphatic hydroxyl groups is 1. The first-order valence-corrected chi connectivity index (χ1v) is 6.33. The molecule has 0 amide bonds. The number of aliphatic hydroxyl groups excluding tert-OH is 1. The second-order valence-electron chi connectivity index (χ2n) is 4.82. The van der Waals surface area contributed by atoms with Crippen LogP contribution in [0.2, 0.25) is 0 Å². The molecule has 0 aliphatic carbocycles. The molecule has 2 N–H and O–H groups in total. The van der Waals surface area contributed by atoms with Crippen molar-refractivity contribution in [1.82, 2.24) is 15.3 Å². The molecular weight excluding hydrogens is 238 g/mol.